The summed E-state index contributed by atoms with van der Waals surface area (Å²) in [6.45, 7) is 10.9. The second-order valence-corrected chi connectivity index (χ2v) is 10.3. The van der Waals surface area contributed by atoms with Gasteiger partial charge in [-0.3, -0.25) is 0 Å². The average Bonchev–Trinajstić information content (AvgIpc) is 2.10. The van der Waals surface area contributed by atoms with Crippen molar-refractivity contribution in [1.29, 1.82) is 0 Å². The predicted molar refractivity (Wildman–Crippen MR) is 75.6 cm³/mol. The summed E-state index contributed by atoms with van der Waals surface area (Å²) in [7, 11) is -1.79. The van der Waals surface area contributed by atoms with Crippen LogP contribution in [0.15, 0.2) is 0 Å². The fraction of sp³-hybridized carbons (Fsp3) is 0.667. The predicted octanol–water partition coefficient (Wildman–Crippen LogP) is 0.757. The first-order chi connectivity index (χ1) is 6.74. The van der Waals surface area contributed by atoms with Crippen molar-refractivity contribution in [2.75, 3.05) is 0 Å². The van der Waals surface area contributed by atoms with Gasteiger partial charge in [0.1, 0.15) is 0 Å². The van der Waals surface area contributed by atoms with Gasteiger partial charge in [0, 0.05) is 29.0 Å². The van der Waals surface area contributed by atoms with Gasteiger partial charge in [-0.25, -0.2) is 0 Å². The third-order valence-electron chi connectivity index (χ3n) is 2.76. The monoisotopic (exact) mass is 340 g/mol. The topological polar surface area (TPSA) is 9.23 Å². The molecule has 0 N–H and O–H groups in total. The summed E-state index contributed by atoms with van der Waals surface area (Å²) in [6.07, 6.45) is 7.50. The van der Waals surface area contributed by atoms with E-state index in [4.69, 9.17) is 10.8 Å². The summed E-state index contributed by atoms with van der Waals surface area (Å²) in [5, 5.41) is 0.167. The molecular formula is C12H18ILiOSi. The Morgan fingerprint density at radius 3 is 2.19 bits per heavy atom. The van der Waals surface area contributed by atoms with Crippen molar-refractivity contribution in [3.05, 3.63) is 6.42 Å². The molecule has 16 heavy (non-hydrogen) atoms. The van der Waals surface area contributed by atoms with E-state index in [2.05, 4.69) is 49.6 Å². The molecule has 0 bridgehead atoms. The first-order valence-electron chi connectivity index (χ1n) is 4.93. The molecule has 0 aromatic heterocycles. The minimum absolute atomic E-state index is 0. The fourth-order valence-electron chi connectivity index (χ4n) is 0.786. The molecule has 1 atom stereocenters. The Balaban J connectivity index is 0. The van der Waals surface area contributed by atoms with E-state index in [0.29, 0.717) is 6.42 Å². The van der Waals surface area contributed by atoms with Gasteiger partial charge >= 0.3 is 18.9 Å². The smallest absolute Gasteiger partial charge is 0.691 e. The summed E-state index contributed by atoms with van der Waals surface area (Å²) in [6, 6.07) is 0. The van der Waals surface area contributed by atoms with Crippen LogP contribution in [0.3, 0.4) is 0 Å². The average molecular weight is 340 g/mol. The molecule has 0 amide bonds. The van der Waals surface area contributed by atoms with Crippen molar-refractivity contribution in [2.24, 2.45) is 0 Å². The molecule has 0 aromatic carbocycles. The molecule has 0 radical (unpaired) electrons. The van der Waals surface area contributed by atoms with Crippen molar-refractivity contribution in [3.63, 3.8) is 0 Å². The van der Waals surface area contributed by atoms with Gasteiger partial charge in [-0.15, -0.1) is 0 Å². The van der Waals surface area contributed by atoms with E-state index in [1.165, 1.54) is 0 Å². The normalized spacial score (nSPS) is 12.8. The Hall–Kier alpha value is 0.624. The van der Waals surface area contributed by atoms with Gasteiger partial charge < -0.3 is 16.8 Å². The van der Waals surface area contributed by atoms with Crippen LogP contribution < -0.4 is 18.9 Å². The number of hydrogen-bond acceptors (Lipinski definition) is 1. The number of hydrogen-bond donors (Lipinski definition) is 0. The molecule has 0 rings (SSSR count). The van der Waals surface area contributed by atoms with E-state index in [1.54, 1.807) is 0 Å². The van der Waals surface area contributed by atoms with Crippen molar-refractivity contribution in [2.45, 2.75) is 51.4 Å². The molecule has 0 aliphatic heterocycles. The van der Waals surface area contributed by atoms with Crippen LogP contribution >= 0.6 is 22.6 Å². The Morgan fingerprint density at radius 1 is 1.38 bits per heavy atom. The van der Waals surface area contributed by atoms with Crippen LogP contribution in [0.25, 0.3) is 0 Å². The largest absolute Gasteiger partial charge is 1.00 e. The van der Waals surface area contributed by atoms with Gasteiger partial charge in [0.2, 0.25) is 0 Å². The Labute approximate surface area is 127 Å². The molecule has 0 aliphatic carbocycles. The van der Waals surface area contributed by atoms with Gasteiger partial charge in [-0.05, 0) is 22.1 Å². The molecule has 0 aliphatic rings. The Morgan fingerprint density at radius 2 is 1.88 bits per heavy atom. The summed E-state index contributed by atoms with van der Waals surface area (Å²) < 4.78 is 8.78. The molecule has 4 heteroatoms. The van der Waals surface area contributed by atoms with Gasteiger partial charge in [0.25, 0.3) is 0 Å². The van der Waals surface area contributed by atoms with Gasteiger partial charge in [0.15, 0.2) is 8.32 Å². The minimum atomic E-state index is -1.79. The van der Waals surface area contributed by atoms with E-state index >= 15 is 0 Å². The Bertz CT molecular complexity index is 304. The van der Waals surface area contributed by atoms with Crippen LogP contribution in [0.1, 0.15) is 27.2 Å². The van der Waals surface area contributed by atoms with Crippen molar-refractivity contribution in [3.8, 4) is 15.8 Å². The Kier molecular flexibility index (Phi) is 9.32. The zero-order valence-electron chi connectivity index (χ0n) is 11.1. The summed E-state index contributed by atoms with van der Waals surface area (Å²) >= 11 is 2.00. The molecule has 0 unspecified atom stereocenters. The van der Waals surface area contributed by atoms with Crippen LogP contribution in [0, 0.1) is 22.2 Å². The SMILES string of the molecule is [C-]#C[C@H](CC#CI)O[Si](C)(C)C(C)(C)C.[Li+]. The minimum Gasteiger partial charge on any atom is -0.691 e. The molecule has 0 heterocycles. The molecule has 0 fully saturated rings. The van der Waals surface area contributed by atoms with Gasteiger partial charge in [-0.1, -0.05) is 26.7 Å². The van der Waals surface area contributed by atoms with Crippen LogP contribution in [0.5, 0.6) is 0 Å². The second kappa shape index (κ2) is 7.86. The summed E-state index contributed by atoms with van der Waals surface area (Å²) in [5.41, 5.74) is 0. The summed E-state index contributed by atoms with van der Waals surface area (Å²) in [5.74, 6) is 5.35. The number of halogens is 1. The first kappa shape index (κ1) is 19.0. The molecule has 0 saturated carbocycles. The molecule has 84 valence electrons. The molecule has 1 nitrogen and oxygen atoms in total. The van der Waals surface area contributed by atoms with E-state index < -0.39 is 8.32 Å². The third kappa shape index (κ3) is 6.38. The van der Waals surface area contributed by atoms with Crippen LogP contribution in [-0.4, -0.2) is 14.4 Å². The zero-order chi connectivity index (χ0) is 12.1. The van der Waals surface area contributed by atoms with Gasteiger partial charge in [-0.2, -0.15) is 0 Å². The van der Waals surface area contributed by atoms with Crippen LogP contribution in [0.4, 0.5) is 0 Å². The zero-order valence-corrected chi connectivity index (χ0v) is 14.2. The molecule has 0 aromatic rings. The van der Waals surface area contributed by atoms with Crippen molar-refractivity contribution >= 4 is 30.9 Å². The maximum Gasteiger partial charge on any atom is 1.00 e. The molecule has 0 spiro atoms. The van der Waals surface area contributed by atoms with E-state index in [0.717, 1.165) is 0 Å². The third-order valence-corrected chi connectivity index (χ3v) is 7.63. The van der Waals surface area contributed by atoms with E-state index in [1.807, 2.05) is 22.6 Å². The standard InChI is InChI=1S/C12H18IOSi.Li/c1-7-11(9-8-10-13)14-15(5,6)12(2,3)4;/h11H,9H2,2-6H3;/q-1;+1/t11-;/m1./s1. The molecular weight excluding hydrogens is 322 g/mol. The second-order valence-electron chi connectivity index (χ2n) is 4.99. The van der Waals surface area contributed by atoms with E-state index in [9.17, 15) is 0 Å². The maximum absolute atomic E-state index is 7.20. The van der Waals surface area contributed by atoms with Crippen molar-refractivity contribution in [1.82, 2.24) is 0 Å². The quantitative estimate of drug-likeness (QED) is 0.319. The van der Waals surface area contributed by atoms with Crippen molar-refractivity contribution < 1.29 is 23.3 Å². The van der Waals surface area contributed by atoms with Crippen LogP contribution in [-0.2, 0) is 4.43 Å². The maximum atomic E-state index is 7.20. The summed E-state index contributed by atoms with van der Waals surface area (Å²) in [4.78, 5) is 0. The first-order valence-corrected chi connectivity index (χ1v) is 8.92. The van der Waals surface area contributed by atoms with Crippen LogP contribution in [0.2, 0.25) is 18.1 Å². The van der Waals surface area contributed by atoms with Gasteiger partial charge in [0.05, 0.1) is 6.10 Å². The fourth-order valence-corrected chi connectivity index (χ4v) is 2.21. The molecule has 0 saturated heterocycles. The number of rotatable bonds is 3. The van der Waals surface area contributed by atoms with E-state index in [-0.39, 0.29) is 30.0 Å².